The fraction of sp³-hybridized carbons (Fsp3) is 0.920. The Bertz CT molecular complexity index is 595. The van der Waals surface area contributed by atoms with Crippen molar-refractivity contribution >= 4 is 11.9 Å². The minimum absolute atomic E-state index is 0.113. The maximum atomic E-state index is 13.1. The van der Waals surface area contributed by atoms with Crippen molar-refractivity contribution in [2.45, 2.75) is 134 Å². The van der Waals surface area contributed by atoms with E-state index in [1.807, 2.05) is 0 Å². The molecule has 11 heteroatoms. The lowest BCUT2D eigenvalue weighted by Crippen LogP contribution is -2.54. The lowest BCUT2D eigenvalue weighted by molar-refractivity contribution is -0.359. The quantitative estimate of drug-likeness (QED) is 0.0787. The third kappa shape index (κ3) is 15.5. The third-order valence-corrected chi connectivity index (χ3v) is 5.77. The fourth-order valence-corrected chi connectivity index (χ4v) is 3.48. The van der Waals surface area contributed by atoms with Gasteiger partial charge >= 0.3 is 30.0 Å². The smallest absolute Gasteiger partial charge is 0.460 e. The zero-order chi connectivity index (χ0) is 27.5. The van der Waals surface area contributed by atoms with E-state index in [1.54, 1.807) is 0 Å². The highest BCUT2D eigenvalue weighted by atomic mass is 19.4. The molecule has 0 spiro atoms. The first-order valence-electron chi connectivity index (χ1n) is 13.0. The molecule has 0 amide bonds. The van der Waals surface area contributed by atoms with E-state index in [1.165, 1.54) is 64.2 Å². The van der Waals surface area contributed by atoms with E-state index in [2.05, 4.69) is 11.7 Å². The molecule has 0 aromatic carbocycles. The van der Waals surface area contributed by atoms with E-state index in [4.69, 9.17) is 4.74 Å². The maximum Gasteiger partial charge on any atom is 0.460 e. The number of esters is 2. The maximum absolute atomic E-state index is 13.1. The number of rotatable bonds is 22. The van der Waals surface area contributed by atoms with Crippen LogP contribution in [0.5, 0.6) is 0 Å². The number of unbranched alkanes of at least 4 members (excludes halogenated alkanes) is 14. The molecule has 0 rings (SSSR count). The van der Waals surface area contributed by atoms with E-state index >= 15 is 0 Å². The predicted octanol–water partition coefficient (Wildman–Crippen LogP) is 8.56. The number of halogens is 7. The monoisotopic (exact) mass is 538 g/mol. The number of carbonyl (C=O) groups is 2. The number of hydrogen-bond acceptors (Lipinski definition) is 4. The predicted molar refractivity (Wildman–Crippen MR) is 122 cm³/mol. The highest BCUT2D eigenvalue weighted by Crippen LogP contribution is 2.46. The van der Waals surface area contributed by atoms with Gasteiger partial charge in [-0.1, -0.05) is 96.8 Å². The van der Waals surface area contributed by atoms with Crippen molar-refractivity contribution in [1.82, 2.24) is 0 Å². The van der Waals surface area contributed by atoms with E-state index in [0.717, 1.165) is 25.7 Å². The average Bonchev–Trinajstić information content (AvgIpc) is 2.80. The van der Waals surface area contributed by atoms with Crippen LogP contribution in [0, 0.1) is 0 Å². The molecule has 0 N–H and O–H groups in total. The molecular weight excluding hydrogens is 497 g/mol. The molecule has 0 aliphatic rings. The molecule has 214 valence electrons. The van der Waals surface area contributed by atoms with Crippen molar-refractivity contribution in [1.29, 1.82) is 0 Å². The van der Waals surface area contributed by atoms with Crippen molar-refractivity contribution in [3.05, 3.63) is 0 Å². The third-order valence-electron chi connectivity index (χ3n) is 5.77. The highest BCUT2D eigenvalue weighted by Gasteiger charge is 2.73. The largest absolute Gasteiger partial charge is 0.466 e. The molecule has 0 heterocycles. The van der Waals surface area contributed by atoms with Gasteiger partial charge in [-0.05, 0) is 6.42 Å². The molecule has 4 nitrogen and oxygen atoms in total. The molecule has 0 aliphatic heterocycles. The summed E-state index contributed by atoms with van der Waals surface area (Å²) in [5.41, 5.74) is 0. The van der Waals surface area contributed by atoms with Crippen molar-refractivity contribution < 1.29 is 49.8 Å². The minimum atomic E-state index is -6.50. The number of ether oxygens (including phenoxy) is 2. The molecule has 0 fully saturated rings. The molecule has 0 aliphatic carbocycles. The summed E-state index contributed by atoms with van der Waals surface area (Å²) in [6.07, 6.45) is 9.87. The molecule has 0 aromatic heterocycles. The van der Waals surface area contributed by atoms with Crippen LogP contribution in [-0.4, -0.2) is 43.2 Å². The van der Waals surface area contributed by atoms with Crippen LogP contribution in [0.4, 0.5) is 30.7 Å². The van der Waals surface area contributed by atoms with Crippen LogP contribution in [0.1, 0.15) is 116 Å². The second-order valence-corrected chi connectivity index (χ2v) is 9.11. The van der Waals surface area contributed by atoms with Crippen LogP contribution in [0.15, 0.2) is 0 Å². The molecule has 0 atom stereocenters. The second-order valence-electron chi connectivity index (χ2n) is 9.11. The number of hydrogen-bond donors (Lipinski definition) is 0. The van der Waals surface area contributed by atoms with Gasteiger partial charge in [0.15, 0.2) is 6.61 Å². The van der Waals surface area contributed by atoms with Crippen molar-refractivity contribution in [2.75, 3.05) is 13.2 Å². The summed E-state index contributed by atoms with van der Waals surface area (Å²) in [5.74, 6) is -14.3. The van der Waals surface area contributed by atoms with Gasteiger partial charge in [-0.2, -0.15) is 30.7 Å². The summed E-state index contributed by atoms with van der Waals surface area (Å²) in [6, 6.07) is 0. The number of alkyl halides is 7. The summed E-state index contributed by atoms with van der Waals surface area (Å²) < 4.78 is 96.3. The average molecular weight is 539 g/mol. The van der Waals surface area contributed by atoms with Crippen molar-refractivity contribution in [3.63, 3.8) is 0 Å². The van der Waals surface area contributed by atoms with Crippen LogP contribution in [-0.2, 0) is 19.1 Å². The van der Waals surface area contributed by atoms with Gasteiger partial charge in [-0.25, -0.2) is 0 Å². The molecule has 0 saturated heterocycles. The Kier molecular flexibility index (Phi) is 17.9. The Morgan fingerprint density at radius 1 is 0.556 bits per heavy atom. The number of carbonyl (C=O) groups excluding carboxylic acids is 2. The normalized spacial score (nSPS) is 12.6. The van der Waals surface area contributed by atoms with Crippen LogP contribution in [0.25, 0.3) is 0 Å². The van der Waals surface area contributed by atoms with Gasteiger partial charge in [-0.15, -0.1) is 0 Å². The molecular formula is C25H41F7O4. The summed E-state index contributed by atoms with van der Waals surface area (Å²) >= 11 is 0. The molecule has 0 saturated carbocycles. The first-order valence-corrected chi connectivity index (χ1v) is 13.0. The lowest BCUT2D eigenvalue weighted by atomic mass is 10.0. The Morgan fingerprint density at radius 2 is 0.917 bits per heavy atom. The van der Waals surface area contributed by atoms with Gasteiger partial charge in [0.1, 0.15) is 0 Å². The van der Waals surface area contributed by atoms with E-state index in [0.29, 0.717) is 6.42 Å². The first kappa shape index (κ1) is 34.5. The lowest BCUT2D eigenvalue weighted by Gasteiger charge is -2.27. The van der Waals surface area contributed by atoms with Gasteiger partial charge in [0, 0.05) is 0 Å². The summed E-state index contributed by atoms with van der Waals surface area (Å²) in [5, 5.41) is 0. The Morgan fingerprint density at radius 3 is 1.31 bits per heavy atom. The van der Waals surface area contributed by atoms with Gasteiger partial charge in [-0.3, -0.25) is 9.59 Å². The van der Waals surface area contributed by atoms with Gasteiger partial charge < -0.3 is 9.47 Å². The zero-order valence-corrected chi connectivity index (χ0v) is 21.2. The molecule has 0 unspecified atom stereocenters. The Balaban J connectivity index is 3.65. The molecule has 0 bridgehead atoms. The van der Waals surface area contributed by atoms with Crippen LogP contribution < -0.4 is 0 Å². The Hall–Kier alpha value is -1.55. The molecule has 0 radical (unpaired) electrons. The van der Waals surface area contributed by atoms with E-state index in [9.17, 15) is 40.3 Å². The highest BCUT2D eigenvalue weighted by molar-refractivity contribution is 5.77. The standard InChI is InChI=1S/C25H41F7O4/c1-2-3-4-5-6-7-8-9-10-11-12-13-14-15-16-19-35-21(33)17-18-22(34)36-20-23(26,27)24(28,29)25(30,31)32/h2-20H2,1H3. The summed E-state index contributed by atoms with van der Waals surface area (Å²) in [7, 11) is 0. The summed E-state index contributed by atoms with van der Waals surface area (Å²) in [4.78, 5) is 22.8. The SMILES string of the molecule is CCCCCCCCCCCCCCCCCOC(=O)CCC(=O)OCC(F)(F)C(F)(F)C(F)(F)F. The van der Waals surface area contributed by atoms with Crippen LogP contribution in [0.3, 0.4) is 0 Å². The van der Waals surface area contributed by atoms with Crippen LogP contribution >= 0.6 is 0 Å². The van der Waals surface area contributed by atoms with E-state index in [-0.39, 0.29) is 6.61 Å². The van der Waals surface area contributed by atoms with Gasteiger partial charge in [0.2, 0.25) is 0 Å². The van der Waals surface area contributed by atoms with Crippen LogP contribution in [0.2, 0.25) is 0 Å². The Labute approximate surface area is 209 Å². The van der Waals surface area contributed by atoms with Gasteiger partial charge in [0.05, 0.1) is 19.4 Å². The van der Waals surface area contributed by atoms with Crippen molar-refractivity contribution in [3.8, 4) is 0 Å². The second kappa shape index (κ2) is 18.7. The first-order chi connectivity index (χ1) is 16.8. The summed E-state index contributed by atoms with van der Waals surface area (Å²) in [6.45, 7) is -0.123. The molecule has 36 heavy (non-hydrogen) atoms. The fourth-order valence-electron chi connectivity index (χ4n) is 3.48. The topological polar surface area (TPSA) is 52.6 Å². The van der Waals surface area contributed by atoms with Crippen molar-refractivity contribution in [2.24, 2.45) is 0 Å². The van der Waals surface area contributed by atoms with Gasteiger partial charge in [0.25, 0.3) is 0 Å². The molecule has 0 aromatic rings. The minimum Gasteiger partial charge on any atom is -0.466 e. The zero-order valence-electron chi connectivity index (χ0n) is 21.2. The van der Waals surface area contributed by atoms with E-state index < -0.39 is 49.4 Å².